The van der Waals surface area contributed by atoms with Crippen LogP contribution in [0.4, 0.5) is 0 Å². The first-order chi connectivity index (χ1) is 10.6. The highest BCUT2D eigenvalue weighted by atomic mass is 32.2. The van der Waals surface area contributed by atoms with Crippen molar-refractivity contribution in [3.8, 4) is 5.88 Å². The van der Waals surface area contributed by atoms with Crippen LogP contribution in [0.5, 0.6) is 5.88 Å². The summed E-state index contributed by atoms with van der Waals surface area (Å²) in [6, 6.07) is 6.70. The lowest BCUT2D eigenvalue weighted by molar-refractivity contribution is 0.204. The molecule has 2 aromatic rings. The van der Waals surface area contributed by atoms with Crippen molar-refractivity contribution < 1.29 is 13.2 Å². The summed E-state index contributed by atoms with van der Waals surface area (Å²) in [7, 11) is -3.52. The van der Waals surface area contributed by atoms with E-state index in [0.717, 1.165) is 5.69 Å². The number of aromatic nitrogens is 3. The summed E-state index contributed by atoms with van der Waals surface area (Å²) in [5.74, 6) is 0.413. The van der Waals surface area contributed by atoms with Gasteiger partial charge in [0.25, 0.3) is 0 Å². The summed E-state index contributed by atoms with van der Waals surface area (Å²) in [4.78, 5) is 4.06. The highest BCUT2D eigenvalue weighted by Gasteiger charge is 2.33. The molecule has 22 heavy (non-hydrogen) atoms. The Labute approximate surface area is 129 Å². The van der Waals surface area contributed by atoms with Gasteiger partial charge in [0.1, 0.15) is 11.0 Å². The molecule has 0 radical (unpaired) electrons. The second kappa shape index (κ2) is 5.98. The number of ether oxygens (including phenoxy) is 1. The van der Waals surface area contributed by atoms with Crippen molar-refractivity contribution in [3.63, 3.8) is 0 Å². The maximum atomic E-state index is 12.5. The molecular weight excluding hydrogens is 304 g/mol. The third-order valence-corrected chi connectivity index (χ3v) is 5.29. The van der Waals surface area contributed by atoms with E-state index in [1.54, 1.807) is 30.5 Å². The van der Waals surface area contributed by atoms with Gasteiger partial charge in [-0.05, 0) is 31.5 Å². The molecule has 0 bridgehead atoms. The number of hydrogen-bond acceptors (Lipinski definition) is 6. The molecule has 0 spiro atoms. The van der Waals surface area contributed by atoms with Gasteiger partial charge in [-0.25, -0.2) is 8.42 Å². The van der Waals surface area contributed by atoms with E-state index in [1.165, 1.54) is 10.5 Å². The maximum Gasteiger partial charge on any atom is 0.244 e. The first kappa shape index (κ1) is 14.9. The van der Waals surface area contributed by atoms with Crippen molar-refractivity contribution >= 4 is 10.0 Å². The van der Waals surface area contributed by atoms with Crippen LogP contribution >= 0.6 is 0 Å². The van der Waals surface area contributed by atoms with Crippen LogP contribution in [0.3, 0.4) is 0 Å². The Bertz CT molecular complexity index is 734. The van der Waals surface area contributed by atoms with Gasteiger partial charge in [-0.15, -0.1) is 5.10 Å². The monoisotopic (exact) mass is 320 g/mol. The maximum absolute atomic E-state index is 12.5. The van der Waals surface area contributed by atoms with E-state index in [4.69, 9.17) is 4.74 Å². The van der Waals surface area contributed by atoms with Gasteiger partial charge < -0.3 is 4.74 Å². The van der Waals surface area contributed by atoms with E-state index in [-0.39, 0.29) is 11.0 Å². The van der Waals surface area contributed by atoms with Gasteiger partial charge in [0, 0.05) is 25.0 Å². The molecule has 7 nitrogen and oxygen atoms in total. The highest BCUT2D eigenvalue weighted by Crippen LogP contribution is 2.22. The zero-order chi connectivity index (χ0) is 15.6. The van der Waals surface area contributed by atoms with Gasteiger partial charge >= 0.3 is 0 Å². The molecular formula is C14H16N4O3S. The lowest BCUT2D eigenvalue weighted by Crippen LogP contribution is -2.31. The van der Waals surface area contributed by atoms with Crippen LogP contribution < -0.4 is 4.74 Å². The van der Waals surface area contributed by atoms with Gasteiger partial charge in [0.15, 0.2) is 0 Å². The Hall–Kier alpha value is -2.06. The minimum Gasteiger partial charge on any atom is -0.472 e. The number of aryl methyl sites for hydroxylation is 1. The first-order valence-corrected chi connectivity index (χ1v) is 8.37. The highest BCUT2D eigenvalue weighted by molar-refractivity contribution is 7.89. The Balaban J connectivity index is 1.68. The summed E-state index contributed by atoms with van der Waals surface area (Å²) < 4.78 is 32.1. The molecule has 3 heterocycles. The molecule has 1 atom stereocenters. The molecule has 8 heteroatoms. The van der Waals surface area contributed by atoms with Crippen molar-refractivity contribution in [1.29, 1.82) is 0 Å². The molecule has 1 aliphatic heterocycles. The number of sulfonamides is 1. The molecule has 2 aromatic heterocycles. The van der Waals surface area contributed by atoms with E-state index in [1.807, 2.05) is 6.92 Å². The lowest BCUT2D eigenvalue weighted by atomic mass is 10.3. The van der Waals surface area contributed by atoms with E-state index in [0.29, 0.717) is 25.4 Å². The zero-order valence-corrected chi connectivity index (χ0v) is 12.9. The number of pyridine rings is 1. The van der Waals surface area contributed by atoms with Crippen molar-refractivity contribution in [1.82, 2.24) is 19.5 Å². The largest absolute Gasteiger partial charge is 0.472 e. The van der Waals surface area contributed by atoms with Crippen molar-refractivity contribution in [2.75, 3.05) is 13.1 Å². The number of hydrogen-bond donors (Lipinski definition) is 0. The van der Waals surface area contributed by atoms with Gasteiger partial charge in [-0.3, -0.25) is 4.98 Å². The Morgan fingerprint density at radius 3 is 2.82 bits per heavy atom. The van der Waals surface area contributed by atoms with Crippen LogP contribution in [-0.2, 0) is 10.0 Å². The summed E-state index contributed by atoms with van der Waals surface area (Å²) in [6.07, 6.45) is 3.30. The van der Waals surface area contributed by atoms with E-state index in [9.17, 15) is 8.42 Å². The molecule has 0 amide bonds. The Morgan fingerprint density at radius 1 is 1.27 bits per heavy atom. The summed E-state index contributed by atoms with van der Waals surface area (Å²) in [6.45, 7) is 2.56. The van der Waals surface area contributed by atoms with Crippen molar-refractivity contribution in [2.24, 2.45) is 0 Å². The van der Waals surface area contributed by atoms with Crippen LogP contribution in [0.2, 0.25) is 0 Å². The molecule has 0 aromatic carbocycles. The second-order valence-electron chi connectivity index (χ2n) is 5.09. The Kier molecular flexibility index (Phi) is 4.04. The summed E-state index contributed by atoms with van der Waals surface area (Å²) in [5, 5.41) is 7.86. The smallest absolute Gasteiger partial charge is 0.244 e. The minimum absolute atomic E-state index is 0.200. The van der Waals surface area contributed by atoms with Gasteiger partial charge in [-0.2, -0.15) is 9.40 Å². The van der Waals surface area contributed by atoms with Gasteiger partial charge in [0.05, 0.1) is 12.2 Å². The fourth-order valence-electron chi connectivity index (χ4n) is 2.28. The molecule has 116 valence electrons. The number of rotatable bonds is 4. The summed E-state index contributed by atoms with van der Waals surface area (Å²) in [5.41, 5.74) is 0.805. The molecule has 1 fully saturated rings. The van der Waals surface area contributed by atoms with Crippen LogP contribution in [-0.4, -0.2) is 47.1 Å². The minimum atomic E-state index is -3.52. The van der Waals surface area contributed by atoms with E-state index >= 15 is 0 Å². The Morgan fingerprint density at radius 2 is 2.14 bits per heavy atom. The quantitative estimate of drug-likeness (QED) is 0.836. The second-order valence-corrected chi connectivity index (χ2v) is 7.03. The molecule has 1 unspecified atom stereocenters. The average molecular weight is 320 g/mol. The summed E-state index contributed by atoms with van der Waals surface area (Å²) >= 11 is 0. The van der Waals surface area contributed by atoms with Crippen LogP contribution in [0, 0.1) is 6.92 Å². The van der Waals surface area contributed by atoms with Crippen LogP contribution in [0.15, 0.2) is 41.6 Å². The van der Waals surface area contributed by atoms with Gasteiger partial charge in [-0.1, -0.05) is 0 Å². The van der Waals surface area contributed by atoms with E-state index < -0.39 is 10.0 Å². The van der Waals surface area contributed by atoms with Crippen molar-refractivity contribution in [2.45, 2.75) is 24.3 Å². The molecule has 1 saturated heterocycles. The van der Waals surface area contributed by atoms with Crippen molar-refractivity contribution in [3.05, 3.63) is 42.4 Å². The fraction of sp³-hybridized carbons (Fsp3) is 0.357. The molecule has 0 N–H and O–H groups in total. The number of nitrogens with zero attached hydrogens (tertiary/aromatic N) is 4. The molecule has 1 aliphatic rings. The predicted octanol–water partition coefficient (Wildman–Crippen LogP) is 1.02. The fourth-order valence-corrected chi connectivity index (χ4v) is 3.73. The third kappa shape index (κ3) is 3.07. The first-order valence-electron chi connectivity index (χ1n) is 6.93. The molecule has 0 aliphatic carbocycles. The molecule has 3 rings (SSSR count). The average Bonchev–Trinajstić information content (AvgIpc) is 3.00. The zero-order valence-electron chi connectivity index (χ0n) is 12.1. The molecule has 0 saturated carbocycles. The predicted molar refractivity (Wildman–Crippen MR) is 78.8 cm³/mol. The topological polar surface area (TPSA) is 85.3 Å². The third-order valence-electron chi connectivity index (χ3n) is 3.44. The van der Waals surface area contributed by atoms with Gasteiger partial charge in [0.2, 0.25) is 15.9 Å². The lowest BCUT2D eigenvalue weighted by Gasteiger charge is -2.16. The SMILES string of the molecule is Cc1ccc(OC2CCN(S(=O)(=O)c3cccnc3)C2)nn1. The van der Waals surface area contributed by atoms with E-state index in [2.05, 4.69) is 15.2 Å². The standard InChI is InChI=1S/C14H16N4O3S/c1-11-4-5-14(17-16-11)21-12-6-8-18(10-12)22(19,20)13-3-2-7-15-9-13/h2-5,7,9,12H,6,8,10H2,1H3. The van der Waals surface area contributed by atoms with Crippen LogP contribution in [0.25, 0.3) is 0 Å². The normalized spacial score (nSPS) is 19.2. The van der Waals surface area contributed by atoms with Crippen LogP contribution in [0.1, 0.15) is 12.1 Å².